The lowest BCUT2D eigenvalue weighted by molar-refractivity contribution is -0.135. The maximum atomic E-state index is 12.2. The normalized spacial score (nSPS) is 17.6. The number of benzene rings is 1. The largest absolute Gasteiger partial charge is 0.489 e. The number of nitrogens with zero attached hydrogens (tertiary/aromatic N) is 1. The van der Waals surface area contributed by atoms with E-state index in [0.29, 0.717) is 28.9 Å². The number of carbonyl (C=O) groups excluding carboxylic acids is 1. The van der Waals surface area contributed by atoms with Crippen LogP contribution in [0.5, 0.6) is 5.75 Å². The molecule has 1 fully saturated rings. The second-order valence-corrected chi connectivity index (χ2v) is 6.83. The number of amides is 1. The van der Waals surface area contributed by atoms with Gasteiger partial charge in [-0.2, -0.15) is 0 Å². The molecule has 0 spiro atoms. The van der Waals surface area contributed by atoms with Gasteiger partial charge >= 0.3 is 0 Å². The Kier molecular flexibility index (Phi) is 5.95. The van der Waals surface area contributed by atoms with Crippen molar-refractivity contribution in [3.05, 3.63) is 28.2 Å². The van der Waals surface area contributed by atoms with Gasteiger partial charge in [-0.25, -0.2) is 0 Å². The summed E-state index contributed by atoms with van der Waals surface area (Å²) in [6.45, 7) is 5.24. The molecule has 6 heteroatoms. The smallest absolute Gasteiger partial charge is 0.239 e. The predicted molar refractivity (Wildman–Crippen MR) is 89.5 cm³/mol. The SMILES string of the molecule is CC(C)[C@H](N)C(=O)N1CCC(Oc2ccc(Cl)cc2Cl)CC1. The standard InChI is InChI=1S/C16H22Cl2N2O2/c1-10(2)15(19)16(21)20-7-5-12(6-8-20)22-14-4-3-11(17)9-13(14)18/h3-4,9-10,12,15H,5-8,19H2,1-2H3/t15-/m0/s1. The third kappa shape index (κ3) is 4.28. The lowest BCUT2D eigenvalue weighted by Crippen LogP contribution is -2.50. The van der Waals surface area contributed by atoms with E-state index in [9.17, 15) is 4.79 Å². The molecule has 22 heavy (non-hydrogen) atoms. The number of piperidine rings is 1. The first-order valence-corrected chi connectivity index (χ1v) is 8.30. The first-order valence-electron chi connectivity index (χ1n) is 7.54. The Labute approximate surface area is 141 Å². The van der Waals surface area contributed by atoms with Crippen molar-refractivity contribution in [1.29, 1.82) is 0 Å². The molecular weight excluding hydrogens is 323 g/mol. The Morgan fingerprint density at radius 1 is 1.32 bits per heavy atom. The van der Waals surface area contributed by atoms with Gasteiger partial charge in [0.1, 0.15) is 11.9 Å². The van der Waals surface area contributed by atoms with E-state index in [-0.39, 0.29) is 17.9 Å². The van der Waals surface area contributed by atoms with Crippen LogP contribution < -0.4 is 10.5 Å². The molecule has 122 valence electrons. The highest BCUT2D eigenvalue weighted by Gasteiger charge is 2.28. The Balaban J connectivity index is 1.88. The first kappa shape index (κ1) is 17.4. The fraction of sp³-hybridized carbons (Fsp3) is 0.562. The van der Waals surface area contributed by atoms with E-state index in [4.69, 9.17) is 33.7 Å². The zero-order chi connectivity index (χ0) is 16.3. The average Bonchev–Trinajstić information content (AvgIpc) is 2.49. The predicted octanol–water partition coefficient (Wildman–Crippen LogP) is 3.35. The van der Waals surface area contributed by atoms with Crippen molar-refractivity contribution in [3.63, 3.8) is 0 Å². The maximum Gasteiger partial charge on any atom is 0.239 e. The maximum absolute atomic E-state index is 12.2. The number of nitrogens with two attached hydrogens (primary N) is 1. The van der Waals surface area contributed by atoms with Crippen LogP contribution in [0.15, 0.2) is 18.2 Å². The van der Waals surface area contributed by atoms with E-state index < -0.39 is 6.04 Å². The van der Waals surface area contributed by atoms with Gasteiger partial charge in [0.2, 0.25) is 5.91 Å². The van der Waals surface area contributed by atoms with Crippen molar-refractivity contribution in [2.24, 2.45) is 11.7 Å². The number of ether oxygens (including phenoxy) is 1. The third-order valence-electron chi connectivity index (χ3n) is 3.94. The van der Waals surface area contributed by atoms with Crippen LogP contribution in [-0.4, -0.2) is 36.0 Å². The van der Waals surface area contributed by atoms with Crippen molar-refractivity contribution < 1.29 is 9.53 Å². The first-order chi connectivity index (χ1) is 10.4. The minimum Gasteiger partial charge on any atom is -0.489 e. The van der Waals surface area contributed by atoms with E-state index in [1.807, 2.05) is 18.7 Å². The molecule has 0 radical (unpaired) electrons. The van der Waals surface area contributed by atoms with Crippen molar-refractivity contribution in [3.8, 4) is 5.75 Å². The van der Waals surface area contributed by atoms with Crippen LogP contribution in [0.3, 0.4) is 0 Å². The zero-order valence-electron chi connectivity index (χ0n) is 12.9. The summed E-state index contributed by atoms with van der Waals surface area (Å²) in [4.78, 5) is 14.0. The van der Waals surface area contributed by atoms with Gasteiger partial charge in [-0.1, -0.05) is 37.0 Å². The minimum atomic E-state index is -0.428. The molecule has 0 bridgehead atoms. The van der Waals surface area contributed by atoms with E-state index in [1.165, 1.54) is 0 Å². The van der Waals surface area contributed by atoms with E-state index in [2.05, 4.69) is 0 Å². The number of likely N-dealkylation sites (tertiary alicyclic amines) is 1. The highest BCUT2D eigenvalue weighted by atomic mass is 35.5. The molecule has 1 heterocycles. The molecule has 1 saturated heterocycles. The van der Waals surface area contributed by atoms with Crippen molar-refractivity contribution in [2.45, 2.75) is 38.8 Å². The number of hydrogen-bond donors (Lipinski definition) is 1. The summed E-state index contributed by atoms with van der Waals surface area (Å²) < 4.78 is 5.92. The number of carbonyl (C=O) groups is 1. The quantitative estimate of drug-likeness (QED) is 0.911. The molecule has 0 saturated carbocycles. The molecule has 1 atom stereocenters. The molecule has 4 nitrogen and oxygen atoms in total. The fourth-order valence-electron chi connectivity index (χ4n) is 2.44. The van der Waals surface area contributed by atoms with Crippen LogP contribution in [0.2, 0.25) is 10.0 Å². The summed E-state index contributed by atoms with van der Waals surface area (Å²) in [5.41, 5.74) is 5.93. The molecule has 1 amide bonds. The summed E-state index contributed by atoms with van der Waals surface area (Å²) in [6.07, 6.45) is 1.60. The van der Waals surface area contributed by atoms with Crippen molar-refractivity contribution in [2.75, 3.05) is 13.1 Å². The molecule has 2 rings (SSSR count). The van der Waals surface area contributed by atoms with Crippen LogP contribution in [0.4, 0.5) is 0 Å². The Bertz CT molecular complexity index is 529. The van der Waals surface area contributed by atoms with Gasteiger partial charge in [0.05, 0.1) is 11.1 Å². The molecule has 1 aliphatic heterocycles. The highest BCUT2D eigenvalue weighted by Crippen LogP contribution is 2.30. The lowest BCUT2D eigenvalue weighted by atomic mass is 10.0. The van der Waals surface area contributed by atoms with Crippen LogP contribution in [-0.2, 0) is 4.79 Å². The van der Waals surface area contributed by atoms with Gasteiger partial charge in [0, 0.05) is 31.0 Å². The lowest BCUT2D eigenvalue weighted by Gasteiger charge is -2.34. The Morgan fingerprint density at radius 3 is 2.50 bits per heavy atom. The summed E-state index contributed by atoms with van der Waals surface area (Å²) in [6, 6.07) is 4.77. The number of halogens is 2. The third-order valence-corrected chi connectivity index (χ3v) is 4.48. The molecule has 0 unspecified atom stereocenters. The monoisotopic (exact) mass is 344 g/mol. The van der Waals surface area contributed by atoms with E-state index in [1.54, 1.807) is 18.2 Å². The molecule has 1 aromatic rings. The summed E-state index contributed by atoms with van der Waals surface area (Å²) in [7, 11) is 0. The van der Waals surface area contributed by atoms with Crippen molar-refractivity contribution in [1.82, 2.24) is 4.90 Å². The molecular formula is C16H22Cl2N2O2. The summed E-state index contributed by atoms with van der Waals surface area (Å²) in [5.74, 6) is 0.807. The second-order valence-electron chi connectivity index (χ2n) is 5.99. The Morgan fingerprint density at radius 2 is 1.95 bits per heavy atom. The molecule has 2 N–H and O–H groups in total. The van der Waals surface area contributed by atoms with Gasteiger partial charge in [0.15, 0.2) is 0 Å². The molecule has 1 aliphatic rings. The molecule has 0 aromatic heterocycles. The van der Waals surface area contributed by atoms with E-state index >= 15 is 0 Å². The summed E-state index contributed by atoms with van der Waals surface area (Å²) >= 11 is 12.0. The second kappa shape index (κ2) is 7.53. The van der Waals surface area contributed by atoms with Gasteiger partial charge in [-0.15, -0.1) is 0 Å². The topological polar surface area (TPSA) is 55.6 Å². The van der Waals surface area contributed by atoms with E-state index in [0.717, 1.165) is 12.8 Å². The Hall–Kier alpha value is -0.970. The molecule has 0 aliphatic carbocycles. The van der Waals surface area contributed by atoms with Crippen LogP contribution in [0, 0.1) is 5.92 Å². The fourth-order valence-corrected chi connectivity index (χ4v) is 2.89. The van der Waals surface area contributed by atoms with Gasteiger partial charge in [0.25, 0.3) is 0 Å². The number of hydrogen-bond acceptors (Lipinski definition) is 3. The van der Waals surface area contributed by atoms with Crippen molar-refractivity contribution >= 4 is 29.1 Å². The highest BCUT2D eigenvalue weighted by molar-refractivity contribution is 6.35. The minimum absolute atomic E-state index is 0.0259. The van der Waals surface area contributed by atoms with Crippen LogP contribution >= 0.6 is 23.2 Å². The molecule has 1 aromatic carbocycles. The van der Waals surface area contributed by atoms with Gasteiger partial charge in [-0.3, -0.25) is 4.79 Å². The van der Waals surface area contributed by atoms with Crippen LogP contribution in [0.25, 0.3) is 0 Å². The van der Waals surface area contributed by atoms with Gasteiger partial charge < -0.3 is 15.4 Å². The average molecular weight is 345 g/mol. The van der Waals surface area contributed by atoms with Gasteiger partial charge in [-0.05, 0) is 24.1 Å². The summed E-state index contributed by atoms with van der Waals surface area (Å²) in [5, 5.41) is 1.09. The zero-order valence-corrected chi connectivity index (χ0v) is 14.4. The van der Waals surface area contributed by atoms with Crippen LogP contribution in [0.1, 0.15) is 26.7 Å². The number of rotatable bonds is 4.